The van der Waals surface area contributed by atoms with Gasteiger partial charge >= 0.3 is 0 Å². The molecule has 3 rings (SSSR count). The molecule has 0 radical (unpaired) electrons. The molecule has 7 heteroatoms. The second kappa shape index (κ2) is 6.17. The first-order valence-electron chi connectivity index (χ1n) is 6.73. The molecule has 0 unspecified atom stereocenters. The quantitative estimate of drug-likeness (QED) is 0.801. The number of nitrogens with zero attached hydrogens (tertiary/aromatic N) is 2. The fraction of sp³-hybridized carbons (Fsp3) is 0.357. The Balaban J connectivity index is 1.48. The number of aromatic nitrogens is 3. The molecule has 1 aliphatic rings. The summed E-state index contributed by atoms with van der Waals surface area (Å²) in [5.41, 5.74) is 0.745. The van der Waals surface area contributed by atoms with Crippen molar-refractivity contribution in [3.8, 4) is 5.75 Å². The number of carbonyl (C=O) groups is 1. The first-order valence-corrected chi connectivity index (χ1v) is 7.72. The van der Waals surface area contributed by atoms with E-state index in [4.69, 9.17) is 4.74 Å². The Morgan fingerprint density at radius 3 is 2.86 bits per heavy atom. The highest BCUT2D eigenvalue weighted by Gasteiger charge is 2.27. The van der Waals surface area contributed by atoms with Gasteiger partial charge in [0, 0.05) is 11.6 Å². The van der Waals surface area contributed by atoms with Gasteiger partial charge in [-0.25, -0.2) is 4.98 Å². The SMILES string of the molecule is COc1ccc(NC(=O)CSc2n[nH]c(C3CC3)n2)cc1. The van der Waals surface area contributed by atoms with E-state index in [1.54, 1.807) is 31.4 Å². The highest BCUT2D eigenvalue weighted by atomic mass is 32.2. The number of rotatable bonds is 6. The van der Waals surface area contributed by atoms with Crippen molar-refractivity contribution in [3.05, 3.63) is 30.1 Å². The van der Waals surface area contributed by atoms with Crippen LogP contribution in [-0.4, -0.2) is 34.0 Å². The largest absolute Gasteiger partial charge is 0.497 e. The monoisotopic (exact) mass is 304 g/mol. The molecule has 0 aliphatic heterocycles. The van der Waals surface area contributed by atoms with E-state index in [1.807, 2.05) is 0 Å². The van der Waals surface area contributed by atoms with Crippen LogP contribution in [0.25, 0.3) is 0 Å². The van der Waals surface area contributed by atoms with Crippen LogP contribution in [0.5, 0.6) is 5.75 Å². The predicted octanol–water partition coefficient (Wildman–Crippen LogP) is 2.42. The number of hydrogen-bond donors (Lipinski definition) is 2. The van der Waals surface area contributed by atoms with Crippen LogP contribution >= 0.6 is 11.8 Å². The van der Waals surface area contributed by atoms with Crippen molar-refractivity contribution in [2.45, 2.75) is 23.9 Å². The van der Waals surface area contributed by atoms with Crippen molar-refractivity contribution in [2.24, 2.45) is 0 Å². The van der Waals surface area contributed by atoms with Crippen molar-refractivity contribution in [1.82, 2.24) is 15.2 Å². The van der Waals surface area contributed by atoms with Crippen LogP contribution in [0.1, 0.15) is 24.6 Å². The summed E-state index contributed by atoms with van der Waals surface area (Å²) in [6.45, 7) is 0. The second-order valence-corrected chi connectivity index (χ2v) is 5.79. The predicted molar refractivity (Wildman–Crippen MR) is 80.7 cm³/mol. The van der Waals surface area contributed by atoms with Crippen molar-refractivity contribution in [1.29, 1.82) is 0 Å². The fourth-order valence-electron chi connectivity index (χ4n) is 1.86. The Morgan fingerprint density at radius 2 is 2.19 bits per heavy atom. The molecular weight excluding hydrogens is 288 g/mol. The van der Waals surface area contributed by atoms with Gasteiger partial charge in [-0.3, -0.25) is 9.89 Å². The molecule has 0 bridgehead atoms. The highest BCUT2D eigenvalue weighted by molar-refractivity contribution is 7.99. The minimum absolute atomic E-state index is 0.0806. The standard InChI is InChI=1S/C14H16N4O2S/c1-20-11-6-4-10(5-7-11)15-12(19)8-21-14-16-13(17-18-14)9-2-3-9/h4-7,9H,2-3,8H2,1H3,(H,15,19)(H,16,17,18). The van der Waals surface area contributed by atoms with Crippen LogP contribution in [0.4, 0.5) is 5.69 Å². The van der Waals surface area contributed by atoms with Crippen molar-refractivity contribution in [3.63, 3.8) is 0 Å². The van der Waals surface area contributed by atoms with Gasteiger partial charge < -0.3 is 10.1 Å². The molecule has 1 fully saturated rings. The Bertz CT molecular complexity index is 622. The van der Waals surface area contributed by atoms with E-state index in [0.717, 1.165) is 17.3 Å². The Kier molecular flexibility index (Phi) is 4.10. The van der Waals surface area contributed by atoms with Crippen LogP contribution in [0.3, 0.4) is 0 Å². The van der Waals surface area contributed by atoms with Gasteiger partial charge in [0.15, 0.2) is 0 Å². The average molecular weight is 304 g/mol. The van der Waals surface area contributed by atoms with Crippen LogP contribution in [-0.2, 0) is 4.79 Å². The van der Waals surface area contributed by atoms with E-state index in [9.17, 15) is 4.79 Å². The zero-order valence-electron chi connectivity index (χ0n) is 11.6. The Morgan fingerprint density at radius 1 is 1.43 bits per heavy atom. The normalized spacial score (nSPS) is 14.0. The number of carbonyl (C=O) groups excluding carboxylic acids is 1. The molecule has 1 heterocycles. The third-order valence-electron chi connectivity index (χ3n) is 3.15. The lowest BCUT2D eigenvalue weighted by molar-refractivity contribution is -0.113. The van der Waals surface area contributed by atoms with Gasteiger partial charge in [0.1, 0.15) is 11.6 Å². The molecule has 0 atom stereocenters. The molecule has 110 valence electrons. The van der Waals surface area contributed by atoms with Gasteiger partial charge in [-0.05, 0) is 37.1 Å². The molecule has 0 saturated heterocycles. The number of benzene rings is 1. The molecule has 1 aromatic heterocycles. The number of H-pyrrole nitrogens is 1. The van der Waals surface area contributed by atoms with E-state index in [2.05, 4.69) is 20.5 Å². The number of hydrogen-bond acceptors (Lipinski definition) is 5. The lowest BCUT2D eigenvalue weighted by Gasteiger charge is -2.05. The molecule has 2 N–H and O–H groups in total. The summed E-state index contributed by atoms with van der Waals surface area (Å²) in [5, 5.41) is 10.5. The summed E-state index contributed by atoms with van der Waals surface area (Å²) in [6.07, 6.45) is 2.36. The number of anilines is 1. The lowest BCUT2D eigenvalue weighted by Crippen LogP contribution is -2.14. The Labute approximate surface area is 126 Å². The van der Waals surface area contributed by atoms with Crippen LogP contribution in [0, 0.1) is 0 Å². The van der Waals surface area contributed by atoms with Gasteiger partial charge in [-0.15, -0.1) is 5.10 Å². The molecule has 6 nitrogen and oxygen atoms in total. The number of aromatic amines is 1. The van der Waals surface area contributed by atoms with Crippen molar-refractivity contribution >= 4 is 23.4 Å². The maximum atomic E-state index is 11.9. The Hall–Kier alpha value is -2.02. The first-order chi connectivity index (χ1) is 10.2. The van der Waals surface area contributed by atoms with Crippen LogP contribution in [0.2, 0.25) is 0 Å². The van der Waals surface area contributed by atoms with Gasteiger partial charge in [-0.2, -0.15) is 0 Å². The van der Waals surface area contributed by atoms with E-state index >= 15 is 0 Å². The molecule has 0 spiro atoms. The van der Waals surface area contributed by atoms with Gasteiger partial charge in [0.25, 0.3) is 0 Å². The fourth-order valence-corrected chi connectivity index (χ4v) is 2.47. The van der Waals surface area contributed by atoms with Crippen molar-refractivity contribution in [2.75, 3.05) is 18.2 Å². The third kappa shape index (κ3) is 3.75. The summed E-state index contributed by atoms with van der Waals surface area (Å²) in [5.74, 6) is 2.44. The summed E-state index contributed by atoms with van der Waals surface area (Å²) in [7, 11) is 1.61. The number of methoxy groups -OCH3 is 1. The smallest absolute Gasteiger partial charge is 0.234 e. The number of thioether (sulfide) groups is 1. The maximum absolute atomic E-state index is 11.9. The molecule has 21 heavy (non-hydrogen) atoms. The topological polar surface area (TPSA) is 79.9 Å². The summed E-state index contributed by atoms with van der Waals surface area (Å²) in [4.78, 5) is 16.2. The number of nitrogens with one attached hydrogen (secondary N) is 2. The maximum Gasteiger partial charge on any atom is 0.234 e. The van der Waals surface area contributed by atoms with Gasteiger partial charge in [0.05, 0.1) is 12.9 Å². The molecule has 1 saturated carbocycles. The summed E-state index contributed by atoms with van der Waals surface area (Å²) < 4.78 is 5.07. The number of ether oxygens (including phenoxy) is 1. The van der Waals surface area contributed by atoms with Crippen molar-refractivity contribution < 1.29 is 9.53 Å². The van der Waals surface area contributed by atoms with Gasteiger partial charge in [0.2, 0.25) is 11.1 Å². The number of amides is 1. The van der Waals surface area contributed by atoms with Crippen LogP contribution in [0.15, 0.2) is 29.4 Å². The zero-order valence-corrected chi connectivity index (χ0v) is 12.4. The highest BCUT2D eigenvalue weighted by Crippen LogP contribution is 2.38. The summed E-state index contributed by atoms with van der Waals surface area (Å²) >= 11 is 1.33. The molecular formula is C14H16N4O2S. The minimum atomic E-state index is -0.0806. The van der Waals surface area contributed by atoms with E-state index < -0.39 is 0 Å². The molecule has 1 aliphatic carbocycles. The second-order valence-electron chi connectivity index (χ2n) is 4.84. The van der Waals surface area contributed by atoms with Crippen LogP contribution < -0.4 is 10.1 Å². The molecule has 1 amide bonds. The van der Waals surface area contributed by atoms with Gasteiger partial charge in [-0.1, -0.05) is 11.8 Å². The van der Waals surface area contributed by atoms with E-state index in [0.29, 0.717) is 11.1 Å². The van der Waals surface area contributed by atoms with E-state index in [1.165, 1.54) is 24.6 Å². The first kappa shape index (κ1) is 13.9. The third-order valence-corrected chi connectivity index (χ3v) is 4.00. The van der Waals surface area contributed by atoms with E-state index in [-0.39, 0.29) is 11.7 Å². The zero-order chi connectivity index (χ0) is 14.7. The molecule has 1 aromatic carbocycles. The molecule has 2 aromatic rings. The minimum Gasteiger partial charge on any atom is -0.497 e. The lowest BCUT2D eigenvalue weighted by atomic mass is 10.3. The summed E-state index contributed by atoms with van der Waals surface area (Å²) in [6, 6.07) is 7.22. The average Bonchev–Trinajstić information content (AvgIpc) is 3.25.